The number of carbonyl (C=O) groups is 5. The predicted octanol–water partition coefficient (Wildman–Crippen LogP) is 1.69. The maximum atomic E-state index is 13.2. The molecule has 0 aliphatic carbocycles. The van der Waals surface area contributed by atoms with E-state index in [1.54, 1.807) is 26.8 Å². The first kappa shape index (κ1) is 42.2. The summed E-state index contributed by atoms with van der Waals surface area (Å²) in [5.74, 6) is -2.64. The largest absolute Gasteiger partial charge is 0.370 e. The minimum Gasteiger partial charge on any atom is -0.370 e. The third kappa shape index (κ3) is 15.6. The molecule has 268 valence electrons. The summed E-state index contributed by atoms with van der Waals surface area (Å²) in [7, 11) is 0. The molecule has 2 atom stereocenters. The molecular formula is C34H48I2N8O5. The third-order valence-corrected chi connectivity index (χ3v) is 9.55. The summed E-state index contributed by atoms with van der Waals surface area (Å²) in [4.78, 5) is 66.4. The zero-order valence-electron chi connectivity index (χ0n) is 28.5. The Morgan fingerprint density at radius 2 is 1.67 bits per heavy atom. The lowest BCUT2D eigenvalue weighted by Gasteiger charge is -2.24. The molecule has 13 nitrogen and oxygen atoms in total. The fraction of sp³-hybridized carbons (Fsp3) is 0.471. The van der Waals surface area contributed by atoms with E-state index in [-0.39, 0.29) is 37.2 Å². The number of rotatable bonds is 10. The molecule has 0 saturated heterocycles. The second-order valence-electron chi connectivity index (χ2n) is 12.0. The number of fused-ring (bicyclic) bond motifs is 2. The predicted molar refractivity (Wildman–Crippen MR) is 208 cm³/mol. The number of aliphatic imine (C=N–C) groups is 1. The minimum atomic E-state index is -1.06. The van der Waals surface area contributed by atoms with Crippen LogP contribution in [0.3, 0.4) is 0 Å². The van der Waals surface area contributed by atoms with Gasteiger partial charge in [-0.3, -0.25) is 34.3 Å². The summed E-state index contributed by atoms with van der Waals surface area (Å²) in [6.45, 7) is 9.56. The summed E-state index contributed by atoms with van der Waals surface area (Å²) in [6.07, 6.45) is 1.52. The van der Waals surface area contributed by atoms with E-state index in [0.29, 0.717) is 31.7 Å². The summed E-state index contributed by atoms with van der Waals surface area (Å²) in [5.41, 5.74) is 14.6. The van der Waals surface area contributed by atoms with E-state index < -0.39 is 35.5 Å². The number of benzene rings is 2. The highest BCUT2D eigenvalue weighted by atomic mass is 127. The molecule has 2 aromatic carbocycles. The monoisotopic (exact) mass is 902 g/mol. The molecular weight excluding hydrogens is 854 g/mol. The van der Waals surface area contributed by atoms with Crippen molar-refractivity contribution in [2.24, 2.45) is 22.4 Å². The number of nitrogens with one attached hydrogen (secondary N) is 5. The number of amides is 2. The number of nitrogens with zero attached hydrogens (tertiary/aromatic N) is 1. The minimum absolute atomic E-state index is 0.0405. The fourth-order valence-electron chi connectivity index (χ4n) is 4.78. The molecule has 1 aliphatic heterocycles. The fourth-order valence-corrected chi connectivity index (χ4v) is 5.70. The van der Waals surface area contributed by atoms with Gasteiger partial charge < -0.3 is 32.7 Å². The van der Waals surface area contributed by atoms with Crippen molar-refractivity contribution in [3.05, 3.63) is 65.8 Å². The van der Waals surface area contributed by atoms with Crippen molar-refractivity contribution >= 4 is 80.3 Å². The standard InChI is InChI=1S/C22H32IN7O4.C12H16INO/c1-12(2)18-20(33)19(32)16(4-3-7-28-22(24)25)29-17(31)10-27-11-26-9-13-5-6-15(23)14(8-13)21(34)30-18;1-9-7-11(3-4-12(9)13)5-6-14-8-10(2)15/h5-6,8,12,16,18,26-27H,3-4,7,9-11H2,1-2H3,(H,29,31)(H,30,34)(H4,24,25,28);3-4,7,14H,5-6,8H2,1-2H3/t16-,18-;/m0./s1. The zero-order valence-corrected chi connectivity index (χ0v) is 32.8. The summed E-state index contributed by atoms with van der Waals surface area (Å²) < 4.78 is 2.03. The van der Waals surface area contributed by atoms with Crippen LogP contribution in [0.2, 0.25) is 0 Å². The van der Waals surface area contributed by atoms with Gasteiger partial charge in [-0.05, 0) is 126 Å². The van der Waals surface area contributed by atoms with Crippen molar-refractivity contribution in [3.63, 3.8) is 0 Å². The Kier molecular flexibility index (Phi) is 18.9. The number of ketones is 3. The average Bonchev–Trinajstić information content (AvgIpc) is 3.04. The van der Waals surface area contributed by atoms with Gasteiger partial charge in [-0.25, -0.2) is 0 Å². The number of hydrogen-bond acceptors (Lipinski definition) is 9. The van der Waals surface area contributed by atoms with Gasteiger partial charge in [0.15, 0.2) is 5.96 Å². The van der Waals surface area contributed by atoms with Crippen molar-refractivity contribution in [3.8, 4) is 0 Å². The number of Topliss-reactive ketones (excluding diaryl/α,β-unsaturated/α-hetero) is 3. The molecule has 0 saturated carbocycles. The Hall–Kier alpha value is -3.00. The SMILES string of the molecule is CC(=O)CNCCc1ccc(I)c(C)c1.CC(C)[C@@H]1NC(=O)c2cc(ccc2I)CNCNCC(=O)N[C@@H](CCCN=C(N)N)C(=O)C1=O. The normalized spacial score (nSPS) is 17.4. The lowest BCUT2D eigenvalue weighted by Crippen LogP contribution is -2.54. The molecule has 0 unspecified atom stereocenters. The molecule has 0 fully saturated rings. The molecule has 49 heavy (non-hydrogen) atoms. The van der Waals surface area contributed by atoms with E-state index in [2.05, 4.69) is 102 Å². The van der Waals surface area contributed by atoms with Crippen molar-refractivity contribution in [2.45, 2.75) is 65.6 Å². The van der Waals surface area contributed by atoms with Gasteiger partial charge in [0.05, 0.1) is 30.7 Å². The van der Waals surface area contributed by atoms with E-state index >= 15 is 0 Å². The maximum Gasteiger partial charge on any atom is 0.252 e. The number of halogens is 2. The van der Waals surface area contributed by atoms with Crippen molar-refractivity contribution in [1.82, 2.24) is 26.6 Å². The average molecular weight is 903 g/mol. The van der Waals surface area contributed by atoms with E-state index in [0.717, 1.165) is 22.1 Å². The van der Waals surface area contributed by atoms with Crippen LogP contribution < -0.4 is 38.1 Å². The third-order valence-electron chi connectivity index (χ3n) is 7.40. The van der Waals surface area contributed by atoms with Gasteiger partial charge >= 0.3 is 0 Å². The summed E-state index contributed by atoms with van der Waals surface area (Å²) >= 11 is 4.40. The van der Waals surface area contributed by atoms with Crippen LogP contribution in [-0.4, -0.2) is 80.1 Å². The van der Waals surface area contributed by atoms with Gasteiger partial charge in [-0.2, -0.15) is 0 Å². The zero-order chi connectivity index (χ0) is 36.5. The smallest absolute Gasteiger partial charge is 0.252 e. The first-order chi connectivity index (χ1) is 23.2. The Balaban J connectivity index is 0.000000462. The lowest BCUT2D eigenvalue weighted by atomic mass is 9.92. The van der Waals surface area contributed by atoms with Crippen LogP contribution in [-0.2, 0) is 32.1 Å². The van der Waals surface area contributed by atoms with Crippen LogP contribution in [0.15, 0.2) is 41.4 Å². The molecule has 0 radical (unpaired) electrons. The van der Waals surface area contributed by atoms with Gasteiger partial charge in [0.1, 0.15) is 5.78 Å². The Labute approximate surface area is 315 Å². The Bertz CT molecular complexity index is 1500. The van der Waals surface area contributed by atoms with Gasteiger partial charge in [-0.15, -0.1) is 0 Å². The molecule has 1 aliphatic rings. The van der Waals surface area contributed by atoms with Crippen LogP contribution in [0, 0.1) is 20.0 Å². The van der Waals surface area contributed by atoms with Crippen molar-refractivity contribution < 1.29 is 24.0 Å². The first-order valence-corrected chi connectivity index (χ1v) is 18.2. The number of aryl methyl sites for hydroxylation is 1. The first-order valence-electron chi connectivity index (χ1n) is 16.1. The second-order valence-corrected chi connectivity index (χ2v) is 14.4. The van der Waals surface area contributed by atoms with Crippen LogP contribution in [0.25, 0.3) is 0 Å². The van der Waals surface area contributed by atoms with Gasteiger partial charge in [0.2, 0.25) is 17.5 Å². The Morgan fingerprint density at radius 1 is 0.980 bits per heavy atom. The quantitative estimate of drug-likeness (QED) is 0.0604. The van der Waals surface area contributed by atoms with Crippen LogP contribution in [0.5, 0.6) is 0 Å². The van der Waals surface area contributed by atoms with Gasteiger partial charge in [0, 0.05) is 26.9 Å². The van der Waals surface area contributed by atoms with Crippen molar-refractivity contribution in [1.29, 1.82) is 0 Å². The molecule has 9 N–H and O–H groups in total. The van der Waals surface area contributed by atoms with Crippen LogP contribution >= 0.6 is 45.2 Å². The molecule has 2 aromatic rings. The second kappa shape index (κ2) is 22.0. The van der Waals surface area contributed by atoms with E-state index in [9.17, 15) is 24.0 Å². The van der Waals surface area contributed by atoms with E-state index in [1.165, 1.54) is 14.7 Å². The van der Waals surface area contributed by atoms with Crippen LogP contribution in [0.1, 0.15) is 60.7 Å². The van der Waals surface area contributed by atoms with Gasteiger partial charge in [0.25, 0.3) is 5.91 Å². The summed E-state index contributed by atoms with van der Waals surface area (Å²) in [5, 5.41) is 14.6. The molecule has 1 heterocycles. The highest BCUT2D eigenvalue weighted by molar-refractivity contribution is 14.1. The molecule has 0 spiro atoms. The molecule has 3 rings (SSSR count). The molecule has 0 aromatic heterocycles. The van der Waals surface area contributed by atoms with Gasteiger partial charge in [-0.1, -0.05) is 32.0 Å². The summed E-state index contributed by atoms with van der Waals surface area (Å²) in [6, 6.07) is 9.85. The highest BCUT2D eigenvalue weighted by Gasteiger charge is 2.35. The van der Waals surface area contributed by atoms with Crippen LogP contribution in [0.4, 0.5) is 0 Å². The number of carbonyl (C=O) groups excluding carboxylic acids is 5. The lowest BCUT2D eigenvalue weighted by molar-refractivity contribution is -0.140. The molecule has 2 bridgehead atoms. The molecule has 2 amide bonds. The van der Waals surface area contributed by atoms with Crippen molar-refractivity contribution in [2.75, 3.05) is 32.8 Å². The number of guanidine groups is 1. The number of nitrogens with two attached hydrogens (primary N) is 2. The Morgan fingerprint density at radius 3 is 2.33 bits per heavy atom. The highest BCUT2D eigenvalue weighted by Crippen LogP contribution is 2.17. The number of hydrogen-bond donors (Lipinski definition) is 7. The molecule has 15 heteroatoms. The maximum absolute atomic E-state index is 13.2. The van der Waals surface area contributed by atoms with E-state index in [4.69, 9.17) is 11.5 Å². The topological polar surface area (TPSA) is 210 Å². The van der Waals surface area contributed by atoms with E-state index in [1.807, 2.05) is 12.1 Å².